The highest BCUT2D eigenvalue weighted by Gasteiger charge is 2.15. The smallest absolute Gasteiger partial charge is 0.267 e. The second-order valence-corrected chi connectivity index (χ2v) is 5.64. The van der Waals surface area contributed by atoms with Gasteiger partial charge in [0.1, 0.15) is 11.6 Å². The van der Waals surface area contributed by atoms with Crippen molar-refractivity contribution in [3.05, 3.63) is 62.6 Å². The molecule has 2 aromatic heterocycles. The Morgan fingerprint density at radius 3 is 2.59 bits per heavy atom. The van der Waals surface area contributed by atoms with E-state index in [4.69, 9.17) is 0 Å². The van der Waals surface area contributed by atoms with E-state index < -0.39 is 0 Å². The predicted molar refractivity (Wildman–Crippen MR) is 84.5 cm³/mol. The third-order valence-electron chi connectivity index (χ3n) is 3.80. The summed E-state index contributed by atoms with van der Waals surface area (Å²) in [7, 11) is 0. The normalized spacial score (nSPS) is 11.1. The van der Waals surface area contributed by atoms with Crippen LogP contribution in [0.4, 0.5) is 0 Å². The van der Waals surface area contributed by atoms with E-state index in [0.29, 0.717) is 17.8 Å². The van der Waals surface area contributed by atoms with Crippen LogP contribution in [-0.4, -0.2) is 25.0 Å². The number of hydrogen-bond donors (Lipinski definition) is 2. The molecular weight excluding hydrogens is 278 g/mol. The molecule has 0 aliphatic heterocycles. The fourth-order valence-corrected chi connectivity index (χ4v) is 2.56. The Kier molecular flexibility index (Phi) is 3.44. The topological polar surface area (TPSA) is 79.4 Å². The Morgan fingerprint density at radius 2 is 1.91 bits per heavy atom. The number of hydrogen-bond acceptors (Lipinski definition) is 3. The molecule has 0 bridgehead atoms. The molecule has 0 aliphatic rings. The number of aryl methyl sites for hydroxylation is 4. The van der Waals surface area contributed by atoms with Gasteiger partial charge in [-0.2, -0.15) is 5.10 Å². The number of H-pyrrole nitrogens is 2. The molecule has 0 aliphatic carbocycles. The summed E-state index contributed by atoms with van der Waals surface area (Å²) in [5, 5.41) is 9.96. The summed E-state index contributed by atoms with van der Waals surface area (Å²) in [6.07, 6.45) is 0.443. The van der Waals surface area contributed by atoms with Crippen LogP contribution in [0.2, 0.25) is 0 Å². The van der Waals surface area contributed by atoms with Gasteiger partial charge in [0.25, 0.3) is 5.56 Å². The molecule has 3 rings (SSSR count). The third-order valence-corrected chi connectivity index (χ3v) is 3.80. The summed E-state index contributed by atoms with van der Waals surface area (Å²) in [5.41, 5.74) is 4.70. The molecule has 0 atom stereocenters. The Balaban J connectivity index is 2.11. The zero-order valence-corrected chi connectivity index (χ0v) is 13.2. The summed E-state index contributed by atoms with van der Waals surface area (Å²) in [6, 6.07) is 6.23. The van der Waals surface area contributed by atoms with Gasteiger partial charge in [-0.15, -0.1) is 0 Å². The molecule has 0 saturated heterocycles. The summed E-state index contributed by atoms with van der Waals surface area (Å²) < 4.78 is 1.84. The first-order chi connectivity index (χ1) is 10.5. The van der Waals surface area contributed by atoms with Crippen LogP contribution in [0.5, 0.6) is 0 Å². The highest BCUT2D eigenvalue weighted by molar-refractivity contribution is 5.43. The molecule has 0 radical (unpaired) electrons. The van der Waals surface area contributed by atoms with E-state index in [1.165, 1.54) is 0 Å². The van der Waals surface area contributed by atoms with Crippen molar-refractivity contribution in [2.75, 3.05) is 0 Å². The molecule has 6 heteroatoms. The number of aromatic amines is 2. The number of aromatic nitrogens is 5. The van der Waals surface area contributed by atoms with Gasteiger partial charge in [0.15, 0.2) is 0 Å². The average Bonchev–Trinajstić information content (AvgIpc) is 2.99. The largest absolute Gasteiger partial charge is 0.302 e. The third kappa shape index (κ3) is 2.47. The summed E-state index contributed by atoms with van der Waals surface area (Å²) in [5.74, 6) is 1.46. The summed E-state index contributed by atoms with van der Waals surface area (Å²) in [4.78, 5) is 16.4. The first kappa shape index (κ1) is 14.3. The van der Waals surface area contributed by atoms with Crippen LogP contribution >= 0.6 is 0 Å². The van der Waals surface area contributed by atoms with Crippen LogP contribution in [0.15, 0.2) is 23.0 Å². The average molecular weight is 297 g/mol. The lowest BCUT2D eigenvalue weighted by Crippen LogP contribution is -2.11. The SMILES string of the molecule is Cc1ccc(C)c(-n2nc(C)nc2Cc2c(C)[nH][nH]c2=O)c1. The van der Waals surface area contributed by atoms with Gasteiger partial charge in [-0.1, -0.05) is 12.1 Å². The minimum atomic E-state index is -0.106. The zero-order valence-electron chi connectivity index (χ0n) is 13.2. The maximum atomic E-state index is 11.9. The van der Waals surface area contributed by atoms with Crippen molar-refractivity contribution >= 4 is 0 Å². The molecule has 3 aromatic rings. The molecule has 2 heterocycles. The highest BCUT2D eigenvalue weighted by Crippen LogP contribution is 2.18. The summed E-state index contributed by atoms with van der Waals surface area (Å²) in [6.45, 7) is 7.83. The van der Waals surface area contributed by atoms with Gasteiger partial charge in [0.2, 0.25) is 0 Å². The van der Waals surface area contributed by atoms with Crippen molar-refractivity contribution in [3.8, 4) is 5.69 Å². The van der Waals surface area contributed by atoms with Crippen LogP contribution < -0.4 is 5.56 Å². The zero-order chi connectivity index (χ0) is 15.9. The van der Waals surface area contributed by atoms with Gasteiger partial charge < -0.3 is 5.10 Å². The number of nitrogens with zero attached hydrogens (tertiary/aromatic N) is 3. The Bertz CT molecular complexity index is 884. The van der Waals surface area contributed by atoms with Gasteiger partial charge in [0, 0.05) is 17.7 Å². The lowest BCUT2D eigenvalue weighted by Gasteiger charge is -2.09. The molecule has 1 aromatic carbocycles. The number of benzene rings is 1. The van der Waals surface area contributed by atoms with Crippen molar-refractivity contribution in [1.82, 2.24) is 25.0 Å². The quantitative estimate of drug-likeness (QED) is 0.777. The standard InChI is InChI=1S/C16H19N5O/c1-9-5-6-10(2)14(7-9)21-15(17-12(4)20-21)8-13-11(3)18-19-16(13)22/h5-7H,8H2,1-4H3,(H2,18,19,22). The van der Waals surface area contributed by atoms with Gasteiger partial charge in [0.05, 0.1) is 5.69 Å². The fourth-order valence-electron chi connectivity index (χ4n) is 2.56. The fraction of sp³-hybridized carbons (Fsp3) is 0.312. The first-order valence-corrected chi connectivity index (χ1v) is 7.22. The second-order valence-electron chi connectivity index (χ2n) is 5.64. The van der Waals surface area contributed by atoms with E-state index in [1.54, 1.807) is 0 Å². The van der Waals surface area contributed by atoms with Crippen molar-refractivity contribution in [3.63, 3.8) is 0 Å². The van der Waals surface area contributed by atoms with E-state index in [2.05, 4.69) is 38.5 Å². The molecule has 6 nitrogen and oxygen atoms in total. The van der Waals surface area contributed by atoms with Crippen LogP contribution in [0.1, 0.15) is 34.0 Å². The van der Waals surface area contributed by atoms with Crippen LogP contribution in [0.3, 0.4) is 0 Å². The van der Waals surface area contributed by atoms with Crippen LogP contribution in [-0.2, 0) is 6.42 Å². The van der Waals surface area contributed by atoms with E-state index in [1.807, 2.05) is 32.4 Å². The maximum absolute atomic E-state index is 11.9. The molecule has 0 spiro atoms. The molecule has 114 valence electrons. The molecule has 2 N–H and O–H groups in total. The van der Waals surface area contributed by atoms with E-state index in [0.717, 1.165) is 28.3 Å². The van der Waals surface area contributed by atoms with Gasteiger partial charge in [-0.05, 0) is 44.9 Å². The predicted octanol–water partition coefficient (Wildman–Crippen LogP) is 2.11. The lowest BCUT2D eigenvalue weighted by atomic mass is 10.1. The van der Waals surface area contributed by atoms with Gasteiger partial charge in [-0.25, -0.2) is 9.67 Å². The Labute approximate surface area is 128 Å². The van der Waals surface area contributed by atoms with Crippen molar-refractivity contribution in [2.24, 2.45) is 0 Å². The van der Waals surface area contributed by atoms with E-state index in [-0.39, 0.29) is 5.56 Å². The molecule has 0 unspecified atom stereocenters. The Morgan fingerprint density at radius 1 is 1.14 bits per heavy atom. The van der Waals surface area contributed by atoms with Crippen molar-refractivity contribution < 1.29 is 0 Å². The second kappa shape index (κ2) is 5.29. The molecule has 0 amide bonds. The van der Waals surface area contributed by atoms with E-state index in [9.17, 15) is 4.79 Å². The molecule has 0 saturated carbocycles. The maximum Gasteiger partial charge on any atom is 0.267 e. The minimum Gasteiger partial charge on any atom is -0.302 e. The highest BCUT2D eigenvalue weighted by atomic mass is 16.1. The lowest BCUT2D eigenvalue weighted by molar-refractivity contribution is 0.798. The van der Waals surface area contributed by atoms with E-state index >= 15 is 0 Å². The number of rotatable bonds is 3. The van der Waals surface area contributed by atoms with Crippen LogP contribution in [0.25, 0.3) is 5.69 Å². The van der Waals surface area contributed by atoms with Gasteiger partial charge in [-0.3, -0.25) is 9.89 Å². The van der Waals surface area contributed by atoms with Gasteiger partial charge >= 0.3 is 0 Å². The van der Waals surface area contributed by atoms with Crippen LogP contribution in [0, 0.1) is 27.7 Å². The molecule has 0 fully saturated rings. The Hall–Kier alpha value is -2.63. The first-order valence-electron chi connectivity index (χ1n) is 7.22. The monoisotopic (exact) mass is 297 g/mol. The summed E-state index contributed by atoms with van der Waals surface area (Å²) >= 11 is 0. The molecular formula is C16H19N5O. The number of nitrogens with one attached hydrogen (secondary N) is 2. The van der Waals surface area contributed by atoms with Crippen molar-refractivity contribution in [2.45, 2.75) is 34.1 Å². The van der Waals surface area contributed by atoms with Crippen molar-refractivity contribution in [1.29, 1.82) is 0 Å². The minimum absolute atomic E-state index is 0.106. The molecule has 22 heavy (non-hydrogen) atoms.